The van der Waals surface area contributed by atoms with Gasteiger partial charge in [0, 0.05) is 0 Å². The fraction of sp³-hybridized carbons (Fsp3) is 0.250. The van der Waals surface area contributed by atoms with Crippen LogP contribution in [0.25, 0.3) is 0 Å². The molecule has 15 heavy (non-hydrogen) atoms. The van der Waals surface area contributed by atoms with Gasteiger partial charge in [0.15, 0.2) is 11.5 Å². The quantitative estimate of drug-likeness (QED) is 0.228. The van der Waals surface area contributed by atoms with Gasteiger partial charge < -0.3 is 26.7 Å². The molecule has 5 N–H and O–H groups in total. The van der Waals surface area contributed by atoms with E-state index in [2.05, 4.69) is 0 Å². The number of phenols is 2. The molecule has 0 radical (unpaired) electrons. The molecule has 0 spiro atoms. The summed E-state index contributed by atoms with van der Waals surface area (Å²) in [7, 11) is -2.17. The summed E-state index contributed by atoms with van der Waals surface area (Å²) in [5.41, 5.74) is 1.72. The first-order chi connectivity index (χ1) is 6.36. The van der Waals surface area contributed by atoms with Crippen LogP contribution in [0.2, 0.25) is 0 Å². The number of aryl methyl sites for hydroxylation is 1. The molecule has 0 heterocycles. The van der Waals surface area contributed by atoms with Crippen LogP contribution in [0.5, 0.6) is 11.5 Å². The Morgan fingerprint density at radius 1 is 1.07 bits per heavy atom. The van der Waals surface area contributed by atoms with Gasteiger partial charge in [0.2, 0.25) is 0 Å². The molecule has 0 saturated carbocycles. The number of aromatic hydroxyl groups is 2. The largest absolute Gasteiger partial charge is 1.00 e. The maximum atomic E-state index is 9.14. The van der Waals surface area contributed by atoms with Crippen molar-refractivity contribution < 1.29 is 45.6 Å². The molecule has 1 aromatic carbocycles. The van der Waals surface area contributed by atoms with Crippen LogP contribution in [0.15, 0.2) is 12.1 Å². The molecule has 0 aromatic heterocycles. The van der Waals surface area contributed by atoms with Gasteiger partial charge in [-0.3, -0.25) is 0 Å². The Balaban J connectivity index is -0.000000249. The van der Waals surface area contributed by atoms with Crippen molar-refractivity contribution in [3.05, 3.63) is 23.3 Å². The van der Waals surface area contributed by atoms with E-state index in [1.807, 2.05) is 6.92 Å². The average molecular weight is 208 g/mol. The van der Waals surface area contributed by atoms with E-state index >= 15 is 0 Å². The van der Waals surface area contributed by atoms with Crippen molar-refractivity contribution in [1.82, 2.24) is 0 Å². The van der Waals surface area contributed by atoms with Gasteiger partial charge in [0.25, 0.3) is 0 Å². The van der Waals surface area contributed by atoms with Crippen molar-refractivity contribution in [3.63, 3.8) is 0 Å². The summed E-state index contributed by atoms with van der Waals surface area (Å²) in [6.45, 7) is 3.65. The monoisotopic (exact) mass is 208 g/mol. The Morgan fingerprint density at radius 2 is 1.47 bits per heavy atom. The van der Waals surface area contributed by atoms with Crippen LogP contribution in [-0.2, 0) is 0 Å². The van der Waals surface area contributed by atoms with Crippen molar-refractivity contribution >= 4 is 7.32 Å². The van der Waals surface area contributed by atoms with E-state index < -0.39 is 7.32 Å². The van der Waals surface area contributed by atoms with Gasteiger partial charge in [-0.1, -0.05) is 6.07 Å². The van der Waals surface area contributed by atoms with Gasteiger partial charge in [0.1, 0.15) is 0 Å². The van der Waals surface area contributed by atoms with E-state index in [9.17, 15) is 0 Å². The molecule has 0 fully saturated rings. The Hall–Kier alpha value is -0.638. The SMILES string of the molecule is Cc1ccc(O)c(O)c1C.OB(O)O.[H-].[Li+]. The van der Waals surface area contributed by atoms with E-state index in [0.717, 1.165) is 11.1 Å². The molecule has 0 aliphatic heterocycles. The van der Waals surface area contributed by atoms with E-state index in [4.69, 9.17) is 25.3 Å². The first-order valence-electron chi connectivity index (χ1n) is 3.88. The normalized spacial score (nSPS) is 8.33. The van der Waals surface area contributed by atoms with E-state index in [1.54, 1.807) is 13.0 Å². The maximum Gasteiger partial charge on any atom is 1.00 e. The number of phenolic OH excluding ortho intramolecular Hbond substituents is 2. The van der Waals surface area contributed by atoms with Gasteiger partial charge >= 0.3 is 26.2 Å². The predicted octanol–water partition coefficient (Wildman–Crippen LogP) is -3.22. The molecule has 80 valence electrons. The second-order valence-corrected chi connectivity index (χ2v) is 2.72. The van der Waals surface area contributed by atoms with E-state index in [1.165, 1.54) is 6.07 Å². The first kappa shape index (κ1) is 16.8. The summed E-state index contributed by atoms with van der Waals surface area (Å²) in [5.74, 6) is -0.0666. The van der Waals surface area contributed by atoms with Gasteiger partial charge in [-0.15, -0.1) is 0 Å². The Kier molecular flexibility index (Phi) is 8.53. The molecule has 0 amide bonds. The summed E-state index contributed by atoms with van der Waals surface area (Å²) in [6.07, 6.45) is 0. The molecule has 0 saturated heterocycles. The average Bonchev–Trinajstić information content (AvgIpc) is 2.07. The maximum absolute atomic E-state index is 9.14. The van der Waals surface area contributed by atoms with Crippen molar-refractivity contribution in [1.29, 1.82) is 0 Å². The van der Waals surface area contributed by atoms with Crippen LogP contribution >= 0.6 is 0 Å². The standard InChI is InChI=1S/C8H10O2.BH3O3.Li.H/c1-5-3-4-7(9)8(10)6(5)2;2-1(3)4;;/h3-4,9-10H,1-2H3;2-4H;;/q;;+1;-1. The van der Waals surface area contributed by atoms with Crippen molar-refractivity contribution in [2.75, 3.05) is 0 Å². The molecular weight excluding hydrogens is 194 g/mol. The van der Waals surface area contributed by atoms with Crippen LogP contribution in [0, 0.1) is 13.8 Å². The molecule has 5 nitrogen and oxygen atoms in total. The summed E-state index contributed by atoms with van der Waals surface area (Å²) in [5, 5.41) is 39.6. The van der Waals surface area contributed by atoms with Crippen molar-refractivity contribution in [2.24, 2.45) is 0 Å². The third-order valence-electron chi connectivity index (χ3n) is 1.68. The third kappa shape index (κ3) is 6.44. The molecule has 1 aromatic rings. The number of hydrogen-bond acceptors (Lipinski definition) is 5. The summed E-state index contributed by atoms with van der Waals surface area (Å²) >= 11 is 0. The Morgan fingerprint density at radius 3 is 1.80 bits per heavy atom. The molecular formula is C8H14BLiO5. The van der Waals surface area contributed by atoms with Gasteiger partial charge in [-0.05, 0) is 31.0 Å². The van der Waals surface area contributed by atoms with Crippen molar-refractivity contribution in [2.45, 2.75) is 13.8 Å². The first-order valence-corrected chi connectivity index (χ1v) is 3.88. The summed E-state index contributed by atoms with van der Waals surface area (Å²) in [4.78, 5) is 0. The van der Waals surface area contributed by atoms with Crippen LogP contribution < -0.4 is 18.9 Å². The van der Waals surface area contributed by atoms with Gasteiger partial charge in [0.05, 0.1) is 0 Å². The minimum Gasteiger partial charge on any atom is -1.00 e. The minimum atomic E-state index is -2.17. The van der Waals surface area contributed by atoms with Crippen LogP contribution in [-0.4, -0.2) is 32.6 Å². The molecule has 0 atom stereocenters. The second-order valence-electron chi connectivity index (χ2n) is 2.72. The molecule has 0 bridgehead atoms. The fourth-order valence-corrected chi connectivity index (χ4v) is 0.787. The van der Waals surface area contributed by atoms with Crippen LogP contribution in [0.4, 0.5) is 0 Å². The van der Waals surface area contributed by atoms with Crippen LogP contribution in [0.1, 0.15) is 12.6 Å². The van der Waals surface area contributed by atoms with Gasteiger partial charge in [-0.25, -0.2) is 0 Å². The van der Waals surface area contributed by atoms with E-state index in [-0.39, 0.29) is 31.8 Å². The predicted molar refractivity (Wildman–Crippen MR) is 52.8 cm³/mol. The zero-order valence-electron chi connectivity index (χ0n) is 9.97. The Labute approximate surface area is 102 Å². The second kappa shape index (κ2) is 7.63. The van der Waals surface area contributed by atoms with E-state index in [0.29, 0.717) is 0 Å². The topological polar surface area (TPSA) is 101 Å². The number of benzene rings is 1. The molecule has 0 aliphatic rings. The number of hydrogen-bond donors (Lipinski definition) is 5. The molecule has 7 heteroatoms. The zero-order valence-corrected chi connectivity index (χ0v) is 8.97. The molecule has 1 rings (SSSR count). The van der Waals surface area contributed by atoms with Gasteiger partial charge in [-0.2, -0.15) is 0 Å². The minimum absolute atomic E-state index is 0. The third-order valence-corrected chi connectivity index (χ3v) is 1.68. The smallest absolute Gasteiger partial charge is 1.00 e. The molecule has 0 unspecified atom stereocenters. The number of rotatable bonds is 0. The zero-order chi connectivity index (χ0) is 11.3. The molecule has 0 aliphatic carbocycles. The van der Waals surface area contributed by atoms with Crippen LogP contribution in [0.3, 0.4) is 0 Å². The summed E-state index contributed by atoms with van der Waals surface area (Å²) in [6, 6.07) is 3.25. The summed E-state index contributed by atoms with van der Waals surface area (Å²) < 4.78 is 0. The fourth-order valence-electron chi connectivity index (χ4n) is 0.787. The Bertz CT molecular complexity index is 281. The van der Waals surface area contributed by atoms with Crippen molar-refractivity contribution in [3.8, 4) is 11.5 Å².